The highest BCUT2D eigenvalue weighted by molar-refractivity contribution is 9.10. The Hall–Kier alpha value is -1.47. The van der Waals surface area contributed by atoms with Gasteiger partial charge in [0.2, 0.25) is 5.91 Å². The van der Waals surface area contributed by atoms with Crippen LogP contribution >= 0.6 is 15.9 Å². The molecule has 0 aromatic heterocycles. The topological polar surface area (TPSA) is 41.1 Å². The van der Waals surface area contributed by atoms with Gasteiger partial charge in [0.25, 0.3) is 0 Å². The molecule has 0 heterocycles. The summed E-state index contributed by atoms with van der Waals surface area (Å²) >= 11 is 3.45. The van der Waals surface area contributed by atoms with Gasteiger partial charge in [-0.25, -0.2) is 0 Å². The fraction of sp³-hybridized carbons (Fsp3) is 0.357. The van der Waals surface area contributed by atoms with E-state index in [1.54, 1.807) is 0 Å². The predicted octanol–water partition coefficient (Wildman–Crippen LogP) is 2.62. The number of carbonyl (C=O) groups excluding carboxylic acids is 1. The Kier molecular flexibility index (Phi) is 5.24. The Morgan fingerprint density at radius 3 is 2.50 bits per heavy atom. The van der Waals surface area contributed by atoms with Crippen molar-refractivity contribution >= 4 is 27.5 Å². The smallest absolute Gasteiger partial charge is 0.242 e. The molecule has 1 unspecified atom stereocenters. The van der Waals surface area contributed by atoms with E-state index < -0.39 is 0 Å². The average molecular weight is 309 g/mol. The molecule has 0 spiro atoms. The number of nitrogens with one attached hydrogen (secondary N) is 2. The zero-order valence-electron chi connectivity index (χ0n) is 10.8. The number of hydrogen-bond acceptors (Lipinski definition) is 2. The van der Waals surface area contributed by atoms with Crippen LogP contribution in [-0.2, 0) is 4.79 Å². The van der Waals surface area contributed by atoms with E-state index in [-0.39, 0.29) is 18.5 Å². The van der Waals surface area contributed by atoms with Gasteiger partial charge in [0.1, 0.15) is 6.04 Å². The van der Waals surface area contributed by atoms with E-state index in [9.17, 15) is 4.79 Å². The maximum Gasteiger partial charge on any atom is 0.242 e. The molecule has 0 bridgehead atoms. The van der Waals surface area contributed by atoms with E-state index in [1.807, 2.05) is 32.9 Å². The van der Waals surface area contributed by atoms with Crippen molar-refractivity contribution < 1.29 is 4.79 Å². The van der Waals surface area contributed by atoms with Gasteiger partial charge in [-0.15, -0.1) is 6.42 Å². The summed E-state index contributed by atoms with van der Waals surface area (Å²) in [5.74, 6) is 2.28. The molecule has 3 nitrogen and oxygen atoms in total. The number of hydrogen-bond donors (Lipinski definition) is 2. The second kappa shape index (κ2) is 6.46. The largest absolute Gasteiger partial charge is 0.373 e. The first kappa shape index (κ1) is 14.6. The lowest BCUT2D eigenvalue weighted by atomic mass is 10.1. The predicted molar refractivity (Wildman–Crippen MR) is 78.5 cm³/mol. The van der Waals surface area contributed by atoms with E-state index >= 15 is 0 Å². The van der Waals surface area contributed by atoms with E-state index in [0.29, 0.717) is 0 Å². The number of benzene rings is 1. The Balaban J connectivity index is 2.79. The summed E-state index contributed by atoms with van der Waals surface area (Å²) in [5.41, 5.74) is 3.18. The Morgan fingerprint density at radius 2 is 2.00 bits per heavy atom. The molecule has 0 aliphatic heterocycles. The molecule has 1 aromatic rings. The van der Waals surface area contributed by atoms with Gasteiger partial charge in [-0.3, -0.25) is 4.79 Å². The zero-order valence-corrected chi connectivity index (χ0v) is 12.4. The first-order valence-corrected chi connectivity index (χ1v) is 6.49. The minimum atomic E-state index is -0.322. The molecule has 0 radical (unpaired) electrons. The number of rotatable bonds is 4. The number of amides is 1. The number of halogens is 1. The van der Waals surface area contributed by atoms with Crippen LogP contribution in [0.1, 0.15) is 18.1 Å². The van der Waals surface area contributed by atoms with Gasteiger partial charge in [0.05, 0.1) is 6.54 Å². The summed E-state index contributed by atoms with van der Waals surface area (Å²) in [6, 6.07) is 3.71. The Labute approximate surface area is 116 Å². The molecule has 4 heteroatoms. The summed E-state index contributed by atoms with van der Waals surface area (Å²) in [6.07, 6.45) is 5.10. The van der Waals surface area contributed by atoms with E-state index in [2.05, 4.69) is 32.5 Å². The number of carbonyl (C=O) groups is 1. The molecular weight excluding hydrogens is 292 g/mol. The van der Waals surface area contributed by atoms with Crippen molar-refractivity contribution in [1.29, 1.82) is 0 Å². The fourth-order valence-electron chi connectivity index (χ4n) is 1.71. The second-order valence-corrected chi connectivity index (χ2v) is 5.12. The van der Waals surface area contributed by atoms with E-state index in [4.69, 9.17) is 6.42 Å². The van der Waals surface area contributed by atoms with Gasteiger partial charge >= 0.3 is 0 Å². The minimum Gasteiger partial charge on any atom is -0.373 e. The molecule has 0 saturated carbocycles. The van der Waals surface area contributed by atoms with Crippen molar-refractivity contribution in [3.05, 3.63) is 27.7 Å². The maximum atomic E-state index is 11.7. The average Bonchev–Trinajstić information content (AvgIpc) is 2.30. The van der Waals surface area contributed by atoms with Crippen LogP contribution in [0.15, 0.2) is 16.6 Å². The summed E-state index contributed by atoms with van der Waals surface area (Å²) < 4.78 is 1.03. The fourth-order valence-corrected chi connectivity index (χ4v) is 2.40. The number of terminal acetylenes is 1. The van der Waals surface area contributed by atoms with E-state index in [0.717, 1.165) is 21.3 Å². The molecule has 0 saturated heterocycles. The molecule has 2 N–H and O–H groups in total. The molecular formula is C14H17BrN2O. The van der Waals surface area contributed by atoms with Gasteiger partial charge in [-0.05, 0) is 44.0 Å². The standard InChI is InChI=1S/C14H17BrN2O/c1-5-6-16-14(18)11(4)17-13-9(2)7-12(15)8-10(13)3/h1,7-8,11,17H,6H2,2-4H3,(H,16,18). The highest BCUT2D eigenvalue weighted by Gasteiger charge is 2.14. The molecule has 0 aliphatic carbocycles. The van der Waals surface area contributed by atoms with Crippen LogP contribution in [0.25, 0.3) is 0 Å². The number of aryl methyl sites for hydroxylation is 2. The van der Waals surface area contributed by atoms with Crippen molar-refractivity contribution in [2.75, 3.05) is 11.9 Å². The monoisotopic (exact) mass is 308 g/mol. The zero-order chi connectivity index (χ0) is 13.7. The Morgan fingerprint density at radius 1 is 1.44 bits per heavy atom. The third-order valence-corrected chi connectivity index (χ3v) is 3.07. The molecule has 1 atom stereocenters. The van der Waals surface area contributed by atoms with Crippen LogP contribution in [0, 0.1) is 26.2 Å². The molecule has 0 fully saturated rings. The lowest BCUT2D eigenvalue weighted by Crippen LogP contribution is -2.38. The van der Waals surface area contributed by atoms with E-state index in [1.165, 1.54) is 0 Å². The summed E-state index contributed by atoms with van der Waals surface area (Å²) in [4.78, 5) is 11.7. The third kappa shape index (κ3) is 3.78. The molecule has 96 valence electrons. The first-order valence-electron chi connectivity index (χ1n) is 5.70. The summed E-state index contributed by atoms with van der Waals surface area (Å²) in [6.45, 7) is 6.08. The molecule has 0 aliphatic rings. The summed E-state index contributed by atoms with van der Waals surface area (Å²) in [5, 5.41) is 5.87. The number of anilines is 1. The normalized spacial score (nSPS) is 11.5. The van der Waals surface area contributed by atoms with Crippen LogP contribution in [0.2, 0.25) is 0 Å². The van der Waals surface area contributed by atoms with Gasteiger partial charge in [0, 0.05) is 10.2 Å². The Bertz CT molecular complexity index is 468. The lowest BCUT2D eigenvalue weighted by molar-refractivity contribution is -0.121. The van der Waals surface area contributed by atoms with Crippen molar-refractivity contribution in [3.63, 3.8) is 0 Å². The van der Waals surface area contributed by atoms with Crippen molar-refractivity contribution in [1.82, 2.24) is 5.32 Å². The maximum absolute atomic E-state index is 11.7. The van der Waals surface area contributed by atoms with Crippen molar-refractivity contribution in [2.45, 2.75) is 26.8 Å². The minimum absolute atomic E-state index is 0.102. The first-order chi connectivity index (χ1) is 8.45. The van der Waals surface area contributed by atoms with Gasteiger partial charge in [-0.1, -0.05) is 21.9 Å². The van der Waals surface area contributed by atoms with Crippen LogP contribution in [-0.4, -0.2) is 18.5 Å². The van der Waals surface area contributed by atoms with Crippen LogP contribution in [0.3, 0.4) is 0 Å². The quantitative estimate of drug-likeness (QED) is 0.840. The lowest BCUT2D eigenvalue weighted by Gasteiger charge is -2.18. The summed E-state index contributed by atoms with van der Waals surface area (Å²) in [7, 11) is 0. The van der Waals surface area contributed by atoms with Crippen LogP contribution in [0.4, 0.5) is 5.69 Å². The highest BCUT2D eigenvalue weighted by Crippen LogP contribution is 2.25. The third-order valence-electron chi connectivity index (χ3n) is 2.62. The molecule has 18 heavy (non-hydrogen) atoms. The molecule has 1 rings (SSSR count). The van der Waals surface area contributed by atoms with Crippen LogP contribution in [0.5, 0.6) is 0 Å². The molecule has 1 amide bonds. The SMILES string of the molecule is C#CCNC(=O)C(C)Nc1c(C)cc(Br)cc1C. The van der Waals surface area contributed by atoms with Gasteiger partial charge < -0.3 is 10.6 Å². The van der Waals surface area contributed by atoms with Gasteiger partial charge in [0.15, 0.2) is 0 Å². The molecule has 1 aromatic carbocycles. The van der Waals surface area contributed by atoms with Crippen molar-refractivity contribution in [3.8, 4) is 12.3 Å². The van der Waals surface area contributed by atoms with Crippen LogP contribution < -0.4 is 10.6 Å². The van der Waals surface area contributed by atoms with Crippen molar-refractivity contribution in [2.24, 2.45) is 0 Å². The second-order valence-electron chi connectivity index (χ2n) is 4.20. The van der Waals surface area contributed by atoms with Gasteiger partial charge in [-0.2, -0.15) is 0 Å². The highest BCUT2D eigenvalue weighted by atomic mass is 79.9.